The van der Waals surface area contributed by atoms with E-state index in [1.54, 1.807) is 31.4 Å². The van der Waals surface area contributed by atoms with Crippen LogP contribution in [0.25, 0.3) is 0 Å². The van der Waals surface area contributed by atoms with Gasteiger partial charge in [0.1, 0.15) is 12.3 Å². The maximum atomic E-state index is 12.4. The number of carbonyl (C=O) groups is 2. The molecule has 5 heteroatoms. The first-order valence-corrected chi connectivity index (χ1v) is 8.53. The van der Waals surface area contributed by atoms with Gasteiger partial charge < -0.3 is 15.0 Å². The van der Waals surface area contributed by atoms with Gasteiger partial charge in [-0.15, -0.1) is 0 Å². The zero-order chi connectivity index (χ0) is 19.3. The summed E-state index contributed by atoms with van der Waals surface area (Å²) in [6, 6.07) is 14.8. The Balaban J connectivity index is 2.06. The molecule has 138 valence electrons. The Bertz CT molecular complexity index is 759. The van der Waals surface area contributed by atoms with Crippen LogP contribution in [0.2, 0.25) is 0 Å². The van der Waals surface area contributed by atoms with Gasteiger partial charge in [-0.1, -0.05) is 32.9 Å². The second kappa shape index (κ2) is 8.04. The van der Waals surface area contributed by atoms with E-state index in [4.69, 9.17) is 4.74 Å². The third-order valence-electron chi connectivity index (χ3n) is 4.10. The van der Waals surface area contributed by atoms with Crippen molar-refractivity contribution in [3.63, 3.8) is 0 Å². The lowest BCUT2D eigenvalue weighted by atomic mass is 9.87. The van der Waals surface area contributed by atoms with E-state index in [0.717, 1.165) is 0 Å². The van der Waals surface area contributed by atoms with Crippen LogP contribution in [-0.4, -0.2) is 25.5 Å². The molecule has 2 aromatic carbocycles. The van der Waals surface area contributed by atoms with Crippen molar-refractivity contribution in [1.29, 1.82) is 0 Å². The minimum atomic E-state index is -0.250. The highest BCUT2D eigenvalue weighted by Crippen LogP contribution is 2.24. The Morgan fingerprint density at radius 1 is 1.00 bits per heavy atom. The first kappa shape index (κ1) is 19.5. The molecule has 26 heavy (non-hydrogen) atoms. The summed E-state index contributed by atoms with van der Waals surface area (Å²) in [4.78, 5) is 25.8. The van der Waals surface area contributed by atoms with Crippen LogP contribution in [0, 0.1) is 0 Å². The molecule has 0 atom stereocenters. The lowest BCUT2D eigenvalue weighted by Crippen LogP contribution is -2.36. The van der Waals surface area contributed by atoms with Crippen molar-refractivity contribution in [3.8, 4) is 5.75 Å². The van der Waals surface area contributed by atoms with Crippen LogP contribution in [0.3, 0.4) is 0 Å². The standard InChI is InChI=1S/C21H26N2O3/c1-15(24)23(18-10-12-19(26-5)13-11-18)14-20(25)22-17-8-6-16(7-9-17)21(2,3)4/h6-13H,14H2,1-5H3,(H,22,25). The summed E-state index contributed by atoms with van der Waals surface area (Å²) in [5.74, 6) is 0.244. The predicted molar refractivity (Wildman–Crippen MR) is 105 cm³/mol. The van der Waals surface area contributed by atoms with Gasteiger partial charge in [0.2, 0.25) is 11.8 Å². The average Bonchev–Trinajstić information content (AvgIpc) is 2.59. The van der Waals surface area contributed by atoms with Crippen LogP contribution in [0.15, 0.2) is 48.5 Å². The molecule has 5 nitrogen and oxygen atoms in total. The van der Waals surface area contributed by atoms with Crippen molar-refractivity contribution >= 4 is 23.2 Å². The molecule has 2 rings (SSSR count). The van der Waals surface area contributed by atoms with Gasteiger partial charge in [0.05, 0.1) is 7.11 Å². The molecule has 1 N–H and O–H groups in total. The van der Waals surface area contributed by atoms with Gasteiger partial charge in [-0.2, -0.15) is 0 Å². The quantitative estimate of drug-likeness (QED) is 0.883. The molecule has 0 spiro atoms. The van der Waals surface area contributed by atoms with E-state index in [0.29, 0.717) is 17.1 Å². The van der Waals surface area contributed by atoms with Crippen molar-refractivity contribution in [2.24, 2.45) is 0 Å². The predicted octanol–water partition coefficient (Wildman–Crippen LogP) is 3.98. The number of nitrogens with one attached hydrogen (secondary N) is 1. The SMILES string of the molecule is COc1ccc(N(CC(=O)Nc2ccc(C(C)(C)C)cc2)C(C)=O)cc1. The Morgan fingerprint density at radius 2 is 1.58 bits per heavy atom. The van der Waals surface area contributed by atoms with Crippen LogP contribution < -0.4 is 15.0 Å². The van der Waals surface area contributed by atoms with E-state index in [9.17, 15) is 9.59 Å². The first-order chi connectivity index (χ1) is 12.2. The molecule has 0 aromatic heterocycles. The zero-order valence-electron chi connectivity index (χ0n) is 16.0. The summed E-state index contributed by atoms with van der Waals surface area (Å²) in [7, 11) is 1.58. The summed E-state index contributed by atoms with van der Waals surface area (Å²) >= 11 is 0. The second-order valence-electron chi connectivity index (χ2n) is 7.18. The molecule has 0 fully saturated rings. The fourth-order valence-corrected chi connectivity index (χ4v) is 2.54. The van der Waals surface area contributed by atoms with Gasteiger partial charge in [0, 0.05) is 18.3 Å². The van der Waals surface area contributed by atoms with Gasteiger partial charge in [-0.3, -0.25) is 9.59 Å². The fourth-order valence-electron chi connectivity index (χ4n) is 2.54. The molecular weight excluding hydrogens is 328 g/mol. The Morgan fingerprint density at radius 3 is 2.04 bits per heavy atom. The molecule has 0 heterocycles. The lowest BCUT2D eigenvalue weighted by molar-refractivity contribution is -0.120. The molecule has 0 aliphatic heterocycles. The Kier molecular flexibility index (Phi) is 6.03. The normalized spacial score (nSPS) is 11.0. The van der Waals surface area contributed by atoms with Gasteiger partial charge in [-0.05, 0) is 47.4 Å². The molecule has 0 saturated heterocycles. The molecule has 0 radical (unpaired) electrons. The molecule has 0 aliphatic carbocycles. The van der Waals surface area contributed by atoms with Crippen molar-refractivity contribution in [2.45, 2.75) is 33.1 Å². The molecule has 2 aromatic rings. The number of benzene rings is 2. The number of amides is 2. The molecule has 0 saturated carbocycles. The third kappa shape index (κ3) is 5.09. The summed E-state index contributed by atoms with van der Waals surface area (Å²) < 4.78 is 5.12. The van der Waals surface area contributed by atoms with Crippen LogP contribution in [0.1, 0.15) is 33.3 Å². The van der Waals surface area contributed by atoms with Gasteiger partial charge >= 0.3 is 0 Å². The van der Waals surface area contributed by atoms with E-state index in [1.807, 2.05) is 24.3 Å². The molecule has 0 aliphatic rings. The second-order valence-corrected chi connectivity index (χ2v) is 7.18. The number of nitrogens with zero attached hydrogens (tertiary/aromatic N) is 1. The highest BCUT2D eigenvalue weighted by molar-refractivity contribution is 6.01. The van der Waals surface area contributed by atoms with Gasteiger partial charge in [0.15, 0.2) is 0 Å². The summed E-state index contributed by atoms with van der Waals surface area (Å²) in [5, 5.41) is 2.84. The maximum absolute atomic E-state index is 12.4. The van der Waals surface area contributed by atoms with Gasteiger partial charge in [0.25, 0.3) is 0 Å². The average molecular weight is 354 g/mol. The van der Waals surface area contributed by atoms with Crippen molar-refractivity contribution in [3.05, 3.63) is 54.1 Å². The number of ether oxygens (including phenoxy) is 1. The number of hydrogen-bond donors (Lipinski definition) is 1. The summed E-state index contributed by atoms with van der Waals surface area (Å²) in [6.07, 6.45) is 0. The highest BCUT2D eigenvalue weighted by atomic mass is 16.5. The van der Waals surface area contributed by atoms with E-state index < -0.39 is 0 Å². The lowest BCUT2D eigenvalue weighted by Gasteiger charge is -2.21. The molecule has 0 bridgehead atoms. The van der Waals surface area contributed by atoms with E-state index in [2.05, 4.69) is 26.1 Å². The minimum absolute atomic E-state index is 0.0529. The Hall–Kier alpha value is -2.82. The Labute approximate surface area is 155 Å². The molecule has 2 amide bonds. The third-order valence-corrected chi connectivity index (χ3v) is 4.10. The molecular formula is C21H26N2O3. The first-order valence-electron chi connectivity index (χ1n) is 8.53. The topological polar surface area (TPSA) is 58.6 Å². The monoisotopic (exact) mass is 354 g/mol. The van der Waals surface area contributed by atoms with Crippen molar-refractivity contribution in [1.82, 2.24) is 0 Å². The minimum Gasteiger partial charge on any atom is -0.497 e. The van der Waals surface area contributed by atoms with E-state index >= 15 is 0 Å². The number of hydrogen-bond acceptors (Lipinski definition) is 3. The summed E-state index contributed by atoms with van der Waals surface area (Å²) in [6.45, 7) is 7.80. The largest absolute Gasteiger partial charge is 0.497 e. The van der Waals surface area contributed by atoms with E-state index in [-0.39, 0.29) is 23.8 Å². The molecule has 0 unspecified atom stereocenters. The smallest absolute Gasteiger partial charge is 0.244 e. The fraction of sp³-hybridized carbons (Fsp3) is 0.333. The summed E-state index contributed by atoms with van der Waals surface area (Å²) in [5.41, 5.74) is 2.61. The van der Waals surface area contributed by atoms with Crippen LogP contribution >= 0.6 is 0 Å². The van der Waals surface area contributed by atoms with E-state index in [1.165, 1.54) is 17.4 Å². The zero-order valence-corrected chi connectivity index (χ0v) is 16.0. The number of methoxy groups -OCH3 is 1. The number of carbonyl (C=O) groups excluding carboxylic acids is 2. The maximum Gasteiger partial charge on any atom is 0.244 e. The number of rotatable bonds is 5. The van der Waals surface area contributed by atoms with Crippen LogP contribution in [0.5, 0.6) is 5.75 Å². The number of anilines is 2. The van der Waals surface area contributed by atoms with Crippen molar-refractivity contribution < 1.29 is 14.3 Å². The van der Waals surface area contributed by atoms with Crippen LogP contribution in [0.4, 0.5) is 11.4 Å². The van der Waals surface area contributed by atoms with Crippen LogP contribution in [-0.2, 0) is 15.0 Å². The van der Waals surface area contributed by atoms with Gasteiger partial charge in [-0.25, -0.2) is 0 Å². The highest BCUT2D eigenvalue weighted by Gasteiger charge is 2.17. The van der Waals surface area contributed by atoms with Crippen molar-refractivity contribution in [2.75, 3.05) is 23.9 Å².